The second kappa shape index (κ2) is 5.65. The van der Waals surface area contributed by atoms with Crippen molar-refractivity contribution in [2.75, 3.05) is 13.1 Å². The number of aromatic nitrogens is 2. The maximum atomic E-state index is 11.9. The molecule has 88 valence electrons. The predicted molar refractivity (Wildman–Crippen MR) is 70.0 cm³/mol. The summed E-state index contributed by atoms with van der Waals surface area (Å²) in [5, 5.41) is 4.17. The number of nitrogens with zero attached hydrogens (tertiary/aromatic N) is 3. The summed E-state index contributed by atoms with van der Waals surface area (Å²) in [7, 11) is 0. The van der Waals surface area contributed by atoms with Crippen molar-refractivity contribution in [3.05, 3.63) is 16.0 Å². The lowest BCUT2D eigenvalue weighted by Crippen LogP contribution is -2.36. The number of hydrogen-bond acceptors (Lipinski definition) is 2. The van der Waals surface area contributed by atoms with Gasteiger partial charge in [-0.1, -0.05) is 0 Å². The van der Waals surface area contributed by atoms with Crippen LogP contribution in [0.5, 0.6) is 0 Å². The molecule has 0 radical (unpaired) electrons. The lowest BCUT2D eigenvalue weighted by Gasteiger charge is -2.26. The lowest BCUT2D eigenvalue weighted by molar-refractivity contribution is -0.132. The number of aryl methyl sites for hydroxylation is 1. The van der Waals surface area contributed by atoms with Crippen molar-refractivity contribution in [3.63, 3.8) is 0 Å². The Morgan fingerprint density at radius 3 is 2.75 bits per heavy atom. The number of rotatable bonds is 3. The van der Waals surface area contributed by atoms with Crippen LogP contribution in [0.3, 0.4) is 0 Å². The van der Waals surface area contributed by atoms with Crippen molar-refractivity contribution < 1.29 is 4.79 Å². The van der Waals surface area contributed by atoms with Gasteiger partial charge >= 0.3 is 0 Å². The molecule has 0 aliphatic carbocycles. The number of likely N-dealkylation sites (tertiary alicyclic amines) is 1. The fraction of sp³-hybridized carbons (Fsp3) is 0.636. The predicted octanol–water partition coefficient (Wildman–Crippen LogP) is 1.89. The number of halogens is 1. The molecule has 16 heavy (non-hydrogen) atoms. The second-order valence-electron chi connectivity index (χ2n) is 4.11. The highest BCUT2D eigenvalue weighted by atomic mass is 127. The van der Waals surface area contributed by atoms with Gasteiger partial charge in [-0.25, -0.2) is 0 Å². The van der Waals surface area contributed by atoms with Gasteiger partial charge in [0.2, 0.25) is 5.91 Å². The lowest BCUT2D eigenvalue weighted by atomic mass is 10.1. The molecule has 0 spiro atoms. The SMILES string of the molecule is O=C(CCn1cc(I)cn1)N1CCCCC1. The van der Waals surface area contributed by atoms with E-state index in [4.69, 9.17) is 0 Å². The Morgan fingerprint density at radius 2 is 2.12 bits per heavy atom. The Labute approximate surface area is 109 Å². The summed E-state index contributed by atoms with van der Waals surface area (Å²) < 4.78 is 2.95. The average Bonchev–Trinajstić information content (AvgIpc) is 2.73. The summed E-state index contributed by atoms with van der Waals surface area (Å²) in [6, 6.07) is 0. The van der Waals surface area contributed by atoms with Gasteiger partial charge in [0, 0.05) is 32.3 Å². The van der Waals surface area contributed by atoms with Crippen LogP contribution >= 0.6 is 22.6 Å². The highest BCUT2D eigenvalue weighted by Gasteiger charge is 2.15. The van der Waals surface area contributed by atoms with Gasteiger partial charge < -0.3 is 4.90 Å². The van der Waals surface area contributed by atoms with Crippen LogP contribution in [0.25, 0.3) is 0 Å². The molecule has 1 saturated heterocycles. The third kappa shape index (κ3) is 3.20. The molecule has 0 atom stereocenters. The van der Waals surface area contributed by atoms with E-state index in [1.54, 1.807) is 0 Å². The van der Waals surface area contributed by atoms with Crippen LogP contribution in [-0.2, 0) is 11.3 Å². The Bertz CT molecular complexity index is 358. The van der Waals surface area contributed by atoms with Gasteiger partial charge in [-0.15, -0.1) is 0 Å². The van der Waals surface area contributed by atoms with Crippen molar-refractivity contribution in [1.82, 2.24) is 14.7 Å². The van der Waals surface area contributed by atoms with Gasteiger partial charge in [0.05, 0.1) is 9.77 Å². The summed E-state index contributed by atoms with van der Waals surface area (Å²) in [5.74, 6) is 0.269. The van der Waals surface area contributed by atoms with Crippen molar-refractivity contribution in [3.8, 4) is 0 Å². The third-order valence-corrected chi connectivity index (χ3v) is 3.42. The van der Waals surface area contributed by atoms with Crippen molar-refractivity contribution in [1.29, 1.82) is 0 Å². The molecule has 0 saturated carbocycles. The van der Waals surface area contributed by atoms with Gasteiger partial charge in [-0.3, -0.25) is 9.48 Å². The molecule has 0 bridgehead atoms. The Morgan fingerprint density at radius 1 is 1.38 bits per heavy atom. The zero-order valence-electron chi connectivity index (χ0n) is 9.23. The van der Waals surface area contributed by atoms with Gasteiger partial charge in [0.15, 0.2) is 0 Å². The minimum absolute atomic E-state index is 0.269. The molecule has 0 N–H and O–H groups in total. The largest absolute Gasteiger partial charge is 0.343 e. The monoisotopic (exact) mass is 333 g/mol. The van der Waals surface area contributed by atoms with Crippen LogP contribution in [0.4, 0.5) is 0 Å². The minimum atomic E-state index is 0.269. The first-order chi connectivity index (χ1) is 7.75. The molecule has 1 aliphatic rings. The highest BCUT2D eigenvalue weighted by molar-refractivity contribution is 14.1. The molecular weight excluding hydrogens is 317 g/mol. The van der Waals surface area contributed by atoms with Gasteiger partial charge in [-0.2, -0.15) is 5.10 Å². The van der Waals surface area contributed by atoms with Crippen molar-refractivity contribution in [2.45, 2.75) is 32.2 Å². The van der Waals surface area contributed by atoms with E-state index in [1.165, 1.54) is 6.42 Å². The molecule has 1 amide bonds. The molecule has 4 nitrogen and oxygen atoms in total. The standard InChI is InChI=1S/C11H16IN3O/c12-10-8-13-15(9-10)7-4-11(16)14-5-2-1-3-6-14/h8-9H,1-7H2. The molecule has 2 rings (SSSR count). The maximum Gasteiger partial charge on any atom is 0.224 e. The van der Waals surface area contributed by atoms with Crippen LogP contribution in [0, 0.1) is 3.57 Å². The number of carbonyl (C=O) groups excluding carboxylic acids is 1. The van der Waals surface area contributed by atoms with Crippen LogP contribution in [0.1, 0.15) is 25.7 Å². The van der Waals surface area contributed by atoms with E-state index in [-0.39, 0.29) is 5.91 Å². The van der Waals surface area contributed by atoms with E-state index < -0.39 is 0 Å². The molecule has 1 aromatic heterocycles. The quantitative estimate of drug-likeness (QED) is 0.793. The smallest absolute Gasteiger partial charge is 0.224 e. The van der Waals surface area contributed by atoms with Gasteiger partial charge in [0.25, 0.3) is 0 Å². The molecule has 2 heterocycles. The second-order valence-corrected chi connectivity index (χ2v) is 5.36. The Hall–Kier alpha value is -0.590. The number of amides is 1. The summed E-state index contributed by atoms with van der Waals surface area (Å²) in [4.78, 5) is 13.8. The normalized spacial score (nSPS) is 16.4. The van der Waals surface area contributed by atoms with Crippen molar-refractivity contribution >= 4 is 28.5 Å². The van der Waals surface area contributed by atoms with Crippen LogP contribution < -0.4 is 0 Å². The first kappa shape index (κ1) is 11.9. The zero-order valence-corrected chi connectivity index (χ0v) is 11.4. The number of carbonyl (C=O) groups is 1. The molecular formula is C11H16IN3O. The molecule has 0 aromatic carbocycles. The fourth-order valence-electron chi connectivity index (χ4n) is 1.97. The van der Waals surface area contributed by atoms with E-state index in [2.05, 4.69) is 27.7 Å². The molecule has 1 aliphatic heterocycles. The molecule has 1 fully saturated rings. The first-order valence-electron chi connectivity index (χ1n) is 5.71. The Balaban J connectivity index is 1.78. The zero-order chi connectivity index (χ0) is 11.4. The highest BCUT2D eigenvalue weighted by Crippen LogP contribution is 2.10. The minimum Gasteiger partial charge on any atom is -0.343 e. The number of hydrogen-bond donors (Lipinski definition) is 0. The summed E-state index contributed by atoms with van der Waals surface area (Å²) in [6.45, 7) is 2.57. The van der Waals surface area contributed by atoms with E-state index in [1.807, 2.05) is 22.0 Å². The number of piperidine rings is 1. The van der Waals surface area contributed by atoms with E-state index in [0.717, 1.165) is 29.5 Å². The maximum absolute atomic E-state index is 11.9. The summed E-state index contributed by atoms with van der Waals surface area (Å²) >= 11 is 2.22. The van der Waals surface area contributed by atoms with Gasteiger partial charge in [0.1, 0.15) is 0 Å². The third-order valence-electron chi connectivity index (χ3n) is 2.87. The molecule has 1 aromatic rings. The van der Waals surface area contributed by atoms with E-state index >= 15 is 0 Å². The molecule has 0 unspecified atom stereocenters. The van der Waals surface area contributed by atoms with Crippen LogP contribution in [0.2, 0.25) is 0 Å². The topological polar surface area (TPSA) is 38.1 Å². The van der Waals surface area contributed by atoms with Crippen LogP contribution in [0.15, 0.2) is 12.4 Å². The summed E-state index contributed by atoms with van der Waals surface area (Å²) in [5.41, 5.74) is 0. The average molecular weight is 333 g/mol. The fourth-order valence-corrected chi connectivity index (χ4v) is 2.42. The summed E-state index contributed by atoms with van der Waals surface area (Å²) in [6.07, 6.45) is 7.92. The van der Waals surface area contributed by atoms with E-state index in [0.29, 0.717) is 13.0 Å². The Kier molecular flexibility index (Phi) is 4.20. The first-order valence-corrected chi connectivity index (χ1v) is 6.79. The van der Waals surface area contributed by atoms with Gasteiger partial charge in [-0.05, 0) is 41.9 Å². The van der Waals surface area contributed by atoms with Crippen molar-refractivity contribution in [2.24, 2.45) is 0 Å². The van der Waals surface area contributed by atoms with Crippen LogP contribution in [-0.4, -0.2) is 33.7 Å². The molecule has 5 heteroatoms. The van der Waals surface area contributed by atoms with E-state index in [9.17, 15) is 4.79 Å².